The molecule has 1 radical (unpaired) electrons. The minimum absolute atomic E-state index is 0. The molecule has 0 saturated heterocycles. The van der Waals surface area contributed by atoms with E-state index in [2.05, 4.69) is 186 Å². The Labute approximate surface area is 406 Å². The molecule has 0 aliphatic carbocycles. The summed E-state index contributed by atoms with van der Waals surface area (Å²) in [5.74, 6) is 0. The van der Waals surface area contributed by atoms with Crippen molar-refractivity contribution in [2.45, 2.75) is 0 Å². The van der Waals surface area contributed by atoms with Crippen LogP contribution in [0.1, 0.15) is 22.8 Å². The van der Waals surface area contributed by atoms with Crippen LogP contribution >= 0.6 is 127 Å². The summed E-state index contributed by atoms with van der Waals surface area (Å²) in [6.07, 6.45) is 0. The van der Waals surface area contributed by atoms with Crippen molar-refractivity contribution in [3.8, 4) is 44.5 Å². The predicted molar refractivity (Wildman–Crippen MR) is 263 cm³/mol. The SMILES string of the molecule is BrC1=C(Br)c2nc1c(-c1ccccc1)c1[nH]c(c(Br)c1Br)c(-c1ccccc1)c1nc(c(-c3ccccc3)c3[nH]c(c(Br)c3Br)c2-c2ccccc2)C(Br)=C1Br.[Cu]. The van der Waals surface area contributed by atoms with E-state index in [4.69, 9.17) is 9.97 Å². The van der Waals surface area contributed by atoms with E-state index in [1.54, 1.807) is 0 Å². The zero-order valence-corrected chi connectivity index (χ0v) is 42.4. The molecular formula is C44H22Br8CuN4. The molecule has 2 aliphatic rings. The quantitative estimate of drug-likeness (QED) is 0.173. The zero-order chi connectivity index (χ0) is 38.8. The van der Waals surface area contributed by atoms with Crippen LogP contribution < -0.4 is 0 Å². The molecule has 4 aromatic carbocycles. The third-order valence-electron chi connectivity index (χ3n) is 9.62. The molecular weight excluding hydrogens is 1290 g/mol. The second kappa shape index (κ2) is 17.1. The molecule has 3 aromatic heterocycles. The maximum Gasteiger partial charge on any atom is 0.0891 e. The average molecular weight is 1310 g/mol. The second-order valence-electron chi connectivity index (χ2n) is 12.8. The van der Waals surface area contributed by atoms with E-state index in [1.165, 1.54) is 0 Å². The fourth-order valence-corrected chi connectivity index (χ4v) is 11.0. The number of nitrogens with zero attached hydrogens (tertiary/aromatic N) is 2. The molecule has 57 heavy (non-hydrogen) atoms. The number of hydrogen-bond acceptors (Lipinski definition) is 2. The third kappa shape index (κ3) is 7.19. The van der Waals surface area contributed by atoms with Crippen LogP contribution in [0.5, 0.6) is 0 Å². The van der Waals surface area contributed by atoms with Gasteiger partial charge in [0.05, 0.1) is 80.7 Å². The fraction of sp³-hybridized carbons (Fsp3) is 0. The van der Waals surface area contributed by atoms with Crippen LogP contribution in [0, 0.1) is 0 Å². The number of hydrogen-bond donors (Lipinski definition) is 2. The Morgan fingerprint density at radius 3 is 0.684 bits per heavy atom. The van der Waals surface area contributed by atoms with Crippen LogP contribution in [-0.2, 0) is 17.1 Å². The Bertz CT molecular complexity index is 2580. The molecule has 7 aromatic rings. The Morgan fingerprint density at radius 2 is 0.491 bits per heavy atom. The minimum atomic E-state index is 0. The molecule has 9 rings (SSSR count). The molecule has 13 heteroatoms. The van der Waals surface area contributed by atoms with Gasteiger partial charge in [0.15, 0.2) is 0 Å². The van der Waals surface area contributed by atoms with Crippen LogP contribution in [0.15, 0.2) is 139 Å². The summed E-state index contributed by atoms with van der Waals surface area (Å²) in [7, 11) is 0. The molecule has 0 unspecified atom stereocenters. The van der Waals surface area contributed by atoms with Gasteiger partial charge in [-0.1, -0.05) is 121 Å². The van der Waals surface area contributed by atoms with Crippen molar-refractivity contribution in [3.63, 3.8) is 0 Å². The van der Waals surface area contributed by atoms with E-state index < -0.39 is 0 Å². The summed E-state index contributed by atoms with van der Waals surface area (Å²) in [6.45, 7) is 0. The Kier molecular flexibility index (Phi) is 12.4. The second-order valence-corrected chi connectivity index (χ2v) is 19.2. The summed E-state index contributed by atoms with van der Waals surface area (Å²) in [4.78, 5) is 18.8. The van der Waals surface area contributed by atoms with Crippen LogP contribution in [0.2, 0.25) is 0 Å². The molecule has 285 valence electrons. The molecule has 0 amide bonds. The predicted octanol–water partition coefficient (Wildman–Crippen LogP) is 17.3. The smallest absolute Gasteiger partial charge is 0.0891 e. The number of benzene rings is 4. The van der Waals surface area contributed by atoms with Gasteiger partial charge in [0.1, 0.15) is 0 Å². The van der Waals surface area contributed by atoms with Gasteiger partial charge >= 0.3 is 0 Å². The molecule has 2 aliphatic heterocycles. The fourth-order valence-electron chi connectivity index (χ4n) is 7.11. The third-order valence-corrected chi connectivity index (χ3v) is 18.0. The number of rotatable bonds is 4. The van der Waals surface area contributed by atoms with Gasteiger partial charge in [0, 0.05) is 39.3 Å². The summed E-state index contributed by atoms with van der Waals surface area (Å²) in [5, 5.41) is 0. The summed E-state index contributed by atoms with van der Waals surface area (Å²) in [6, 6.07) is 41.3. The average Bonchev–Trinajstić information content (AvgIpc) is 3.89. The topological polar surface area (TPSA) is 57.4 Å². The van der Waals surface area contributed by atoms with Crippen molar-refractivity contribution in [1.82, 2.24) is 19.9 Å². The summed E-state index contributed by atoms with van der Waals surface area (Å²) < 4.78 is 6.69. The Morgan fingerprint density at radius 1 is 0.298 bits per heavy atom. The molecule has 0 spiro atoms. The van der Waals surface area contributed by atoms with Gasteiger partial charge < -0.3 is 9.97 Å². The van der Waals surface area contributed by atoms with Crippen LogP contribution in [-0.4, -0.2) is 19.9 Å². The number of nitrogens with one attached hydrogen (secondary N) is 2. The summed E-state index contributed by atoms with van der Waals surface area (Å²) >= 11 is 32.2. The number of halogens is 8. The molecule has 8 bridgehead atoms. The molecule has 2 N–H and O–H groups in total. The van der Waals surface area contributed by atoms with E-state index >= 15 is 0 Å². The van der Waals surface area contributed by atoms with Crippen LogP contribution in [0.3, 0.4) is 0 Å². The van der Waals surface area contributed by atoms with E-state index in [9.17, 15) is 0 Å². The van der Waals surface area contributed by atoms with Crippen molar-refractivity contribution in [1.29, 1.82) is 0 Å². The van der Waals surface area contributed by atoms with Gasteiger partial charge in [0.2, 0.25) is 0 Å². The van der Waals surface area contributed by atoms with Gasteiger partial charge in [0.25, 0.3) is 0 Å². The first-order valence-electron chi connectivity index (χ1n) is 17.0. The standard InChI is InChI=1S/C44H22Br8N4.Cu/c45-29-31(47)39-26(22-15-7-2-8-16-22)41-33(49)35(51)43(55-41)28(24-19-11-4-12-20-24)44-36(52)34(50)42(56-44)27(23-17-9-3-10-18-23)40-32(48)30(46)38(54-40)25(37(29)53-39)21-13-5-1-6-14-21;/h1-20,53,56H;. The van der Waals surface area contributed by atoms with Crippen molar-refractivity contribution in [3.05, 3.63) is 162 Å². The molecule has 0 atom stereocenters. The first-order chi connectivity index (χ1) is 27.2. The van der Waals surface area contributed by atoms with Crippen molar-refractivity contribution in [2.75, 3.05) is 0 Å². The maximum atomic E-state index is 5.54. The first-order valence-corrected chi connectivity index (χ1v) is 23.4. The van der Waals surface area contributed by atoms with Crippen molar-refractivity contribution in [2.24, 2.45) is 0 Å². The molecule has 5 heterocycles. The van der Waals surface area contributed by atoms with Crippen LogP contribution in [0.25, 0.3) is 84.5 Å². The maximum absolute atomic E-state index is 5.54. The van der Waals surface area contributed by atoms with Gasteiger partial charge in [-0.05, 0) is 150 Å². The van der Waals surface area contributed by atoms with Crippen molar-refractivity contribution >= 4 is 167 Å². The Balaban J connectivity index is 0.00000455. The van der Waals surface area contributed by atoms with Gasteiger partial charge in [-0.3, -0.25) is 0 Å². The normalized spacial score (nSPS) is 12.6. The van der Waals surface area contributed by atoms with Crippen LogP contribution in [0.4, 0.5) is 0 Å². The first kappa shape index (κ1) is 41.6. The Hall–Kier alpha value is -2.16. The van der Waals surface area contributed by atoms with E-state index in [0.29, 0.717) is 0 Å². The number of H-pyrrole nitrogens is 2. The number of aromatic nitrogens is 4. The van der Waals surface area contributed by atoms with Gasteiger partial charge in [-0.25, -0.2) is 9.97 Å². The van der Waals surface area contributed by atoms with E-state index in [-0.39, 0.29) is 17.1 Å². The minimum Gasteiger partial charge on any atom is -0.352 e. The zero-order valence-electron chi connectivity index (χ0n) is 28.8. The molecule has 0 fully saturated rings. The van der Waals surface area contributed by atoms with E-state index in [0.717, 1.165) is 125 Å². The monoisotopic (exact) mass is 1300 g/mol. The van der Waals surface area contributed by atoms with E-state index in [1.807, 2.05) is 72.8 Å². The molecule has 0 saturated carbocycles. The van der Waals surface area contributed by atoms with Crippen molar-refractivity contribution < 1.29 is 17.1 Å². The molecule has 4 nitrogen and oxygen atoms in total. The number of aromatic amines is 2. The number of fused-ring (bicyclic) bond motifs is 8. The van der Waals surface area contributed by atoms with Gasteiger partial charge in [-0.15, -0.1) is 0 Å². The van der Waals surface area contributed by atoms with Gasteiger partial charge in [-0.2, -0.15) is 0 Å². The largest absolute Gasteiger partial charge is 0.352 e. The summed E-state index contributed by atoms with van der Waals surface area (Å²) in [5.41, 5.74) is 14.0.